The topological polar surface area (TPSA) is 13.1 Å². The van der Waals surface area contributed by atoms with Gasteiger partial charge in [-0.1, -0.05) is 54.6 Å². The Morgan fingerprint density at radius 2 is 1.72 bits per heavy atom. The van der Waals surface area contributed by atoms with Gasteiger partial charge in [-0.15, -0.1) is 0 Å². The molecule has 0 unspecified atom stereocenters. The number of hydrogen-bond donors (Lipinski definition) is 0. The first-order valence-electron chi connectivity index (χ1n) is 9.06. The third kappa shape index (κ3) is 2.95. The van der Waals surface area contributed by atoms with Crippen LogP contribution < -0.4 is 0 Å². The molecule has 1 aliphatic carbocycles. The zero-order valence-electron chi connectivity index (χ0n) is 15.2. The molecule has 4 rings (SSSR count). The predicted octanol–water partition coefficient (Wildman–Crippen LogP) is 6.42. The summed E-state index contributed by atoms with van der Waals surface area (Å²) in [5.41, 5.74) is 9.19. The van der Waals surface area contributed by atoms with Crippen LogP contribution in [0.2, 0.25) is 0 Å². The number of rotatable bonds is 3. The van der Waals surface area contributed by atoms with E-state index in [1.165, 1.54) is 38.9 Å². The molecule has 0 aliphatic heterocycles. The zero-order chi connectivity index (χ0) is 17.4. The standard InChI is InChI=1S/C24H24O/c1-16-8-4-5-9-20(16)21-13-12-19(14-17(21)2)15-24-18(3)22-10-6-7-11-23(22)25-24/h4-6,8-10,12-14H,7,11,15H2,1-3H3. The lowest BCUT2D eigenvalue weighted by Gasteiger charge is -2.11. The fourth-order valence-electron chi connectivity index (χ4n) is 3.83. The minimum atomic E-state index is 0.863. The number of aryl methyl sites for hydroxylation is 3. The van der Waals surface area contributed by atoms with Crippen molar-refractivity contribution in [2.24, 2.45) is 0 Å². The summed E-state index contributed by atoms with van der Waals surface area (Å²) in [5.74, 6) is 2.27. The van der Waals surface area contributed by atoms with Crippen LogP contribution in [0.1, 0.15) is 45.8 Å². The number of allylic oxidation sites excluding steroid dienone is 1. The van der Waals surface area contributed by atoms with E-state index < -0.39 is 0 Å². The second kappa shape index (κ2) is 6.40. The molecular formula is C24H24O. The molecule has 126 valence electrons. The molecule has 1 aliphatic rings. The van der Waals surface area contributed by atoms with Gasteiger partial charge in [-0.3, -0.25) is 0 Å². The lowest BCUT2D eigenvalue weighted by molar-refractivity contribution is 0.470. The van der Waals surface area contributed by atoms with E-state index in [0.717, 1.165) is 30.8 Å². The van der Waals surface area contributed by atoms with E-state index in [1.807, 2.05) is 0 Å². The molecule has 1 heteroatoms. The molecule has 25 heavy (non-hydrogen) atoms. The average Bonchev–Trinajstić information content (AvgIpc) is 2.92. The van der Waals surface area contributed by atoms with Gasteiger partial charge < -0.3 is 4.42 Å². The summed E-state index contributed by atoms with van der Waals surface area (Å²) >= 11 is 0. The Labute approximate surface area is 150 Å². The first-order valence-corrected chi connectivity index (χ1v) is 9.06. The van der Waals surface area contributed by atoms with Gasteiger partial charge in [0.05, 0.1) is 0 Å². The summed E-state index contributed by atoms with van der Waals surface area (Å²) in [6.07, 6.45) is 7.44. The van der Waals surface area contributed by atoms with Crippen LogP contribution in [0, 0.1) is 20.8 Å². The summed E-state index contributed by atoms with van der Waals surface area (Å²) in [6.45, 7) is 6.56. The summed E-state index contributed by atoms with van der Waals surface area (Å²) in [6, 6.07) is 15.4. The molecule has 0 saturated carbocycles. The monoisotopic (exact) mass is 328 g/mol. The molecular weight excluding hydrogens is 304 g/mol. The third-order valence-electron chi connectivity index (χ3n) is 5.28. The summed E-state index contributed by atoms with van der Waals surface area (Å²) in [5, 5.41) is 0. The highest BCUT2D eigenvalue weighted by Crippen LogP contribution is 2.31. The van der Waals surface area contributed by atoms with Gasteiger partial charge in [0.25, 0.3) is 0 Å². The molecule has 0 amide bonds. The van der Waals surface area contributed by atoms with E-state index in [-0.39, 0.29) is 0 Å². The molecule has 0 saturated heterocycles. The van der Waals surface area contributed by atoms with Gasteiger partial charge in [0, 0.05) is 18.4 Å². The normalized spacial score (nSPS) is 13.1. The van der Waals surface area contributed by atoms with Gasteiger partial charge in [0.1, 0.15) is 11.5 Å². The minimum Gasteiger partial charge on any atom is -0.465 e. The molecule has 1 aromatic heterocycles. The van der Waals surface area contributed by atoms with Crippen LogP contribution in [0.4, 0.5) is 0 Å². The molecule has 2 aromatic carbocycles. The maximum absolute atomic E-state index is 6.16. The number of benzene rings is 2. The predicted molar refractivity (Wildman–Crippen MR) is 105 cm³/mol. The van der Waals surface area contributed by atoms with E-state index in [4.69, 9.17) is 4.42 Å². The Morgan fingerprint density at radius 3 is 2.48 bits per heavy atom. The van der Waals surface area contributed by atoms with Gasteiger partial charge >= 0.3 is 0 Å². The quantitative estimate of drug-likeness (QED) is 0.540. The van der Waals surface area contributed by atoms with Gasteiger partial charge in [-0.2, -0.15) is 0 Å². The fourth-order valence-corrected chi connectivity index (χ4v) is 3.83. The maximum atomic E-state index is 6.16. The van der Waals surface area contributed by atoms with Gasteiger partial charge in [-0.05, 0) is 60.6 Å². The first-order chi connectivity index (χ1) is 12.1. The van der Waals surface area contributed by atoms with E-state index in [1.54, 1.807) is 0 Å². The Balaban J connectivity index is 1.65. The molecule has 1 heterocycles. The van der Waals surface area contributed by atoms with Crippen molar-refractivity contribution in [1.29, 1.82) is 0 Å². The van der Waals surface area contributed by atoms with Crippen molar-refractivity contribution in [3.05, 3.63) is 87.9 Å². The molecule has 1 nitrogen and oxygen atoms in total. The largest absolute Gasteiger partial charge is 0.465 e. The van der Waals surface area contributed by atoms with E-state index in [9.17, 15) is 0 Å². The Kier molecular flexibility index (Phi) is 4.09. The van der Waals surface area contributed by atoms with Crippen LogP contribution in [0.5, 0.6) is 0 Å². The molecule has 0 radical (unpaired) electrons. The van der Waals surface area contributed by atoms with Gasteiger partial charge in [0.15, 0.2) is 0 Å². The smallest absolute Gasteiger partial charge is 0.112 e. The van der Waals surface area contributed by atoms with Gasteiger partial charge in [0.2, 0.25) is 0 Å². The second-order valence-corrected chi connectivity index (χ2v) is 7.07. The highest BCUT2D eigenvalue weighted by molar-refractivity contribution is 5.70. The Hall–Kier alpha value is -2.54. The first kappa shape index (κ1) is 16.0. The third-order valence-corrected chi connectivity index (χ3v) is 5.28. The maximum Gasteiger partial charge on any atom is 0.112 e. The SMILES string of the molecule is Cc1ccccc1-c1ccc(Cc2oc3c(c2C)C=CCC3)cc1C. The molecule has 0 bridgehead atoms. The van der Waals surface area contributed by atoms with Crippen molar-refractivity contribution >= 4 is 6.08 Å². The molecule has 0 N–H and O–H groups in total. The summed E-state index contributed by atoms with van der Waals surface area (Å²) in [7, 11) is 0. The van der Waals surface area contributed by atoms with E-state index >= 15 is 0 Å². The summed E-state index contributed by atoms with van der Waals surface area (Å²) in [4.78, 5) is 0. The van der Waals surface area contributed by atoms with Gasteiger partial charge in [-0.25, -0.2) is 0 Å². The molecule has 3 aromatic rings. The van der Waals surface area contributed by atoms with Crippen LogP contribution in [0.3, 0.4) is 0 Å². The molecule has 0 atom stereocenters. The van der Waals surface area contributed by atoms with Crippen LogP contribution >= 0.6 is 0 Å². The number of fused-ring (bicyclic) bond motifs is 1. The average molecular weight is 328 g/mol. The van der Waals surface area contributed by atoms with Crippen molar-refractivity contribution in [1.82, 2.24) is 0 Å². The summed E-state index contributed by atoms with van der Waals surface area (Å²) < 4.78 is 6.16. The van der Waals surface area contributed by atoms with Crippen molar-refractivity contribution in [3.63, 3.8) is 0 Å². The molecule has 0 spiro atoms. The van der Waals surface area contributed by atoms with Crippen molar-refractivity contribution < 1.29 is 4.42 Å². The van der Waals surface area contributed by atoms with Crippen molar-refractivity contribution in [3.8, 4) is 11.1 Å². The number of furan rings is 1. The minimum absolute atomic E-state index is 0.863. The van der Waals surface area contributed by atoms with Crippen molar-refractivity contribution in [2.45, 2.75) is 40.0 Å². The second-order valence-electron chi connectivity index (χ2n) is 7.07. The lowest BCUT2D eigenvalue weighted by Crippen LogP contribution is -1.93. The van der Waals surface area contributed by atoms with Crippen molar-refractivity contribution in [2.75, 3.05) is 0 Å². The van der Waals surface area contributed by atoms with Crippen LogP contribution in [0.25, 0.3) is 17.2 Å². The highest BCUT2D eigenvalue weighted by atomic mass is 16.3. The molecule has 0 fully saturated rings. The van der Waals surface area contributed by atoms with Crippen LogP contribution in [0.15, 0.2) is 53.0 Å². The fraction of sp³-hybridized carbons (Fsp3) is 0.250. The lowest BCUT2D eigenvalue weighted by atomic mass is 9.94. The zero-order valence-corrected chi connectivity index (χ0v) is 15.2. The van der Waals surface area contributed by atoms with E-state index in [0.29, 0.717) is 0 Å². The van der Waals surface area contributed by atoms with E-state index in [2.05, 4.69) is 75.4 Å². The van der Waals surface area contributed by atoms with Crippen LogP contribution in [-0.4, -0.2) is 0 Å². The number of hydrogen-bond acceptors (Lipinski definition) is 1. The Morgan fingerprint density at radius 1 is 0.920 bits per heavy atom. The van der Waals surface area contributed by atoms with Crippen LogP contribution in [-0.2, 0) is 12.8 Å². The highest BCUT2D eigenvalue weighted by Gasteiger charge is 2.17. The Bertz CT molecular complexity index is 956.